The average molecular weight is 394 g/mol. The summed E-state index contributed by atoms with van der Waals surface area (Å²) in [7, 11) is 0. The van der Waals surface area contributed by atoms with Gasteiger partial charge >= 0.3 is 0 Å². The Kier molecular flexibility index (Phi) is 5.82. The van der Waals surface area contributed by atoms with E-state index in [0.29, 0.717) is 12.3 Å². The van der Waals surface area contributed by atoms with Gasteiger partial charge in [0.2, 0.25) is 5.91 Å². The molecular weight excluding hydrogens is 368 g/mol. The molecule has 1 saturated heterocycles. The van der Waals surface area contributed by atoms with Gasteiger partial charge in [-0.1, -0.05) is 24.3 Å². The zero-order chi connectivity index (χ0) is 20.2. The molecule has 1 aromatic carbocycles. The molecule has 1 amide bonds. The second-order valence-electron chi connectivity index (χ2n) is 7.34. The lowest BCUT2D eigenvalue weighted by molar-refractivity contribution is -0.120. The molecule has 152 valence electrons. The lowest BCUT2D eigenvalue weighted by Crippen LogP contribution is -2.36. The van der Waals surface area contributed by atoms with Crippen molar-refractivity contribution in [3.63, 3.8) is 0 Å². The normalized spacial score (nSPS) is 15.0. The predicted molar refractivity (Wildman–Crippen MR) is 108 cm³/mol. The molecule has 3 heterocycles. The summed E-state index contributed by atoms with van der Waals surface area (Å²) in [6, 6.07) is 8.28. The molecule has 0 spiro atoms. The monoisotopic (exact) mass is 394 g/mol. The number of ether oxygens (including phenoxy) is 1. The highest BCUT2D eigenvalue weighted by molar-refractivity contribution is 5.79. The van der Waals surface area contributed by atoms with Crippen LogP contribution in [0.5, 0.6) is 0 Å². The Hall–Kier alpha value is -2.84. The van der Waals surface area contributed by atoms with Crippen LogP contribution < -0.4 is 5.32 Å². The van der Waals surface area contributed by atoms with E-state index in [9.17, 15) is 4.79 Å². The van der Waals surface area contributed by atoms with Crippen LogP contribution in [0.25, 0.3) is 5.78 Å². The maximum Gasteiger partial charge on any atom is 0.252 e. The summed E-state index contributed by atoms with van der Waals surface area (Å²) in [6.07, 6.45) is 1.75. The summed E-state index contributed by atoms with van der Waals surface area (Å²) < 4.78 is 7.10. The van der Waals surface area contributed by atoms with E-state index in [0.717, 1.165) is 55.4 Å². The number of benzene rings is 1. The third kappa shape index (κ3) is 4.44. The molecular formula is C21H26N6O2. The number of morpholine rings is 1. The largest absolute Gasteiger partial charge is 0.379 e. The number of hydrogen-bond donors (Lipinski definition) is 1. The highest BCUT2D eigenvalue weighted by Gasteiger charge is 2.16. The van der Waals surface area contributed by atoms with Crippen LogP contribution in [-0.4, -0.2) is 56.7 Å². The van der Waals surface area contributed by atoms with Crippen molar-refractivity contribution in [2.75, 3.05) is 26.3 Å². The lowest BCUT2D eigenvalue weighted by atomic mass is 10.1. The Balaban J connectivity index is 1.41. The van der Waals surface area contributed by atoms with E-state index in [2.05, 4.69) is 37.4 Å². The van der Waals surface area contributed by atoms with E-state index in [1.54, 1.807) is 4.52 Å². The standard InChI is InChI=1S/C21H26N6O2/c1-15-19(16(2)27-21(25-15)23-14-24-27)11-20(28)22-12-17-5-3-4-6-18(17)13-26-7-9-29-10-8-26/h3-6,14H,7-13H2,1-2H3,(H,22,28). The second kappa shape index (κ2) is 8.67. The molecule has 0 unspecified atom stereocenters. The average Bonchev–Trinajstić information content (AvgIpc) is 3.20. The van der Waals surface area contributed by atoms with Crippen LogP contribution in [0.2, 0.25) is 0 Å². The van der Waals surface area contributed by atoms with Crippen LogP contribution in [0.15, 0.2) is 30.6 Å². The van der Waals surface area contributed by atoms with Crippen LogP contribution >= 0.6 is 0 Å². The van der Waals surface area contributed by atoms with Gasteiger partial charge in [0.15, 0.2) is 0 Å². The first-order chi connectivity index (χ1) is 14.1. The third-order valence-corrected chi connectivity index (χ3v) is 5.42. The van der Waals surface area contributed by atoms with Crippen molar-refractivity contribution in [1.29, 1.82) is 0 Å². The number of aryl methyl sites for hydroxylation is 2. The van der Waals surface area contributed by atoms with Crippen molar-refractivity contribution in [2.45, 2.75) is 33.4 Å². The van der Waals surface area contributed by atoms with Crippen LogP contribution in [0.1, 0.15) is 28.1 Å². The van der Waals surface area contributed by atoms with Crippen molar-refractivity contribution in [3.8, 4) is 0 Å². The number of amides is 1. The van der Waals surface area contributed by atoms with Gasteiger partial charge in [0.25, 0.3) is 5.78 Å². The first-order valence-electron chi connectivity index (χ1n) is 9.91. The summed E-state index contributed by atoms with van der Waals surface area (Å²) in [5.74, 6) is 0.528. The van der Waals surface area contributed by atoms with Gasteiger partial charge in [-0.3, -0.25) is 9.69 Å². The number of nitrogens with zero attached hydrogens (tertiary/aromatic N) is 5. The maximum atomic E-state index is 12.7. The molecule has 1 N–H and O–H groups in total. The molecule has 8 nitrogen and oxygen atoms in total. The van der Waals surface area contributed by atoms with Crippen molar-refractivity contribution in [1.82, 2.24) is 29.8 Å². The first kappa shape index (κ1) is 19.5. The fourth-order valence-electron chi connectivity index (χ4n) is 3.71. The topological polar surface area (TPSA) is 84.6 Å². The fourth-order valence-corrected chi connectivity index (χ4v) is 3.71. The number of carbonyl (C=O) groups is 1. The number of fused-ring (bicyclic) bond motifs is 1. The van der Waals surface area contributed by atoms with Crippen LogP contribution in [0, 0.1) is 13.8 Å². The number of hydrogen-bond acceptors (Lipinski definition) is 6. The molecule has 0 bridgehead atoms. The van der Waals surface area contributed by atoms with Gasteiger partial charge in [-0.15, -0.1) is 0 Å². The molecule has 1 aliphatic rings. The number of rotatable bonds is 6. The van der Waals surface area contributed by atoms with E-state index < -0.39 is 0 Å². The van der Waals surface area contributed by atoms with Crippen molar-refractivity contribution in [3.05, 3.63) is 58.7 Å². The van der Waals surface area contributed by atoms with Gasteiger partial charge in [0, 0.05) is 43.1 Å². The van der Waals surface area contributed by atoms with Crippen molar-refractivity contribution in [2.24, 2.45) is 0 Å². The molecule has 0 radical (unpaired) electrons. The number of carbonyl (C=O) groups excluding carboxylic acids is 1. The van der Waals surface area contributed by atoms with Gasteiger partial charge < -0.3 is 10.1 Å². The summed E-state index contributed by atoms with van der Waals surface area (Å²) in [6.45, 7) is 8.67. The molecule has 3 aromatic rings. The van der Waals surface area contributed by atoms with Crippen LogP contribution in [-0.2, 0) is 29.0 Å². The Morgan fingerprint density at radius 2 is 1.93 bits per heavy atom. The van der Waals surface area contributed by atoms with Crippen LogP contribution in [0.3, 0.4) is 0 Å². The molecule has 0 atom stereocenters. The molecule has 29 heavy (non-hydrogen) atoms. The SMILES string of the molecule is Cc1nc2ncnn2c(C)c1CC(=O)NCc1ccccc1CN1CCOCC1. The fraction of sp³-hybridized carbons (Fsp3) is 0.429. The van der Waals surface area contributed by atoms with E-state index in [1.165, 1.54) is 11.9 Å². The Bertz CT molecular complexity index is 1010. The Labute approximate surface area is 169 Å². The zero-order valence-corrected chi connectivity index (χ0v) is 16.9. The highest BCUT2D eigenvalue weighted by atomic mass is 16.5. The summed E-state index contributed by atoms with van der Waals surface area (Å²) in [5, 5.41) is 7.25. The maximum absolute atomic E-state index is 12.7. The lowest BCUT2D eigenvalue weighted by Gasteiger charge is -2.27. The summed E-state index contributed by atoms with van der Waals surface area (Å²) in [4.78, 5) is 23.6. The molecule has 8 heteroatoms. The van der Waals surface area contributed by atoms with Crippen molar-refractivity contribution >= 4 is 11.7 Å². The van der Waals surface area contributed by atoms with Crippen molar-refractivity contribution < 1.29 is 9.53 Å². The van der Waals surface area contributed by atoms with E-state index >= 15 is 0 Å². The summed E-state index contributed by atoms with van der Waals surface area (Å²) >= 11 is 0. The van der Waals surface area contributed by atoms with E-state index in [-0.39, 0.29) is 12.3 Å². The first-order valence-corrected chi connectivity index (χ1v) is 9.91. The minimum atomic E-state index is -0.0290. The Morgan fingerprint density at radius 1 is 1.17 bits per heavy atom. The van der Waals surface area contributed by atoms with Gasteiger partial charge in [0.1, 0.15) is 6.33 Å². The number of nitrogens with one attached hydrogen (secondary N) is 1. The smallest absolute Gasteiger partial charge is 0.252 e. The van der Waals surface area contributed by atoms with E-state index in [4.69, 9.17) is 4.74 Å². The quantitative estimate of drug-likeness (QED) is 0.681. The zero-order valence-electron chi connectivity index (χ0n) is 16.9. The second-order valence-corrected chi connectivity index (χ2v) is 7.34. The van der Waals surface area contributed by atoms with Gasteiger partial charge in [0.05, 0.1) is 19.6 Å². The molecule has 4 rings (SSSR count). The highest BCUT2D eigenvalue weighted by Crippen LogP contribution is 2.15. The minimum absolute atomic E-state index is 0.0290. The van der Waals surface area contributed by atoms with Gasteiger partial charge in [-0.2, -0.15) is 10.1 Å². The number of aromatic nitrogens is 4. The molecule has 1 fully saturated rings. The Morgan fingerprint density at radius 3 is 2.72 bits per heavy atom. The van der Waals surface area contributed by atoms with E-state index in [1.807, 2.05) is 26.0 Å². The van der Waals surface area contributed by atoms with Gasteiger partial charge in [-0.25, -0.2) is 9.50 Å². The van der Waals surface area contributed by atoms with Crippen LogP contribution in [0.4, 0.5) is 0 Å². The van der Waals surface area contributed by atoms with Gasteiger partial charge in [-0.05, 0) is 25.0 Å². The molecule has 0 aliphatic carbocycles. The minimum Gasteiger partial charge on any atom is -0.379 e. The third-order valence-electron chi connectivity index (χ3n) is 5.42. The molecule has 0 saturated carbocycles. The molecule has 1 aliphatic heterocycles. The predicted octanol–water partition coefficient (Wildman–Crippen LogP) is 1.43. The molecule has 2 aromatic heterocycles. The summed E-state index contributed by atoms with van der Waals surface area (Å²) in [5.41, 5.74) is 4.99.